The molecule has 2 aromatic rings. The summed E-state index contributed by atoms with van der Waals surface area (Å²) in [7, 11) is 0. The molecular formula is C9H6ClNS. The van der Waals surface area contributed by atoms with Gasteiger partial charge in [0.15, 0.2) is 0 Å². The highest BCUT2D eigenvalue weighted by molar-refractivity contribution is 7.80. The van der Waals surface area contributed by atoms with Crippen LogP contribution in [0, 0.1) is 0 Å². The van der Waals surface area contributed by atoms with E-state index in [4.69, 9.17) is 11.6 Å². The summed E-state index contributed by atoms with van der Waals surface area (Å²) in [5.41, 5.74) is 0.942. The average molecular weight is 196 g/mol. The molecule has 0 saturated carbocycles. The fourth-order valence-corrected chi connectivity index (χ4v) is 1.47. The molecular weight excluding hydrogens is 190 g/mol. The average Bonchev–Trinajstić information content (AvgIpc) is 2.03. The number of aromatic nitrogens is 1. The van der Waals surface area contributed by atoms with Crippen molar-refractivity contribution in [2.75, 3.05) is 0 Å². The van der Waals surface area contributed by atoms with Gasteiger partial charge in [0.2, 0.25) is 0 Å². The van der Waals surface area contributed by atoms with Crippen molar-refractivity contribution in [1.82, 2.24) is 4.98 Å². The molecule has 1 aromatic heterocycles. The van der Waals surface area contributed by atoms with Crippen molar-refractivity contribution in [3.05, 3.63) is 35.5 Å². The monoisotopic (exact) mass is 195 g/mol. The Morgan fingerprint density at radius 3 is 2.92 bits per heavy atom. The highest BCUT2D eigenvalue weighted by Crippen LogP contribution is 2.19. The summed E-state index contributed by atoms with van der Waals surface area (Å²) >= 11 is 10.0. The van der Waals surface area contributed by atoms with Gasteiger partial charge in [-0.15, -0.1) is 12.6 Å². The first kappa shape index (κ1) is 7.90. The fraction of sp³-hybridized carbons (Fsp3) is 0. The van der Waals surface area contributed by atoms with Crippen molar-refractivity contribution in [1.29, 1.82) is 0 Å². The lowest BCUT2D eigenvalue weighted by Crippen LogP contribution is -1.77. The molecule has 1 nitrogen and oxygen atoms in total. The second-order valence-corrected chi connectivity index (χ2v) is 3.48. The molecule has 0 atom stereocenters. The van der Waals surface area contributed by atoms with E-state index in [1.165, 1.54) is 0 Å². The van der Waals surface area contributed by atoms with Crippen molar-refractivity contribution >= 4 is 35.1 Å². The summed E-state index contributed by atoms with van der Waals surface area (Å²) in [6.07, 6.45) is 1.72. The van der Waals surface area contributed by atoms with Gasteiger partial charge in [0.1, 0.15) is 0 Å². The first-order valence-corrected chi connectivity index (χ1v) is 4.32. The third-order valence-corrected chi connectivity index (χ3v) is 2.11. The second kappa shape index (κ2) is 2.96. The lowest BCUT2D eigenvalue weighted by atomic mass is 10.2. The Hall–Kier alpha value is -0.730. The molecule has 12 heavy (non-hydrogen) atoms. The molecule has 0 N–H and O–H groups in total. The van der Waals surface area contributed by atoms with E-state index in [-0.39, 0.29) is 0 Å². The van der Waals surface area contributed by atoms with Crippen LogP contribution in [-0.4, -0.2) is 4.98 Å². The summed E-state index contributed by atoms with van der Waals surface area (Å²) in [5.74, 6) is 0. The van der Waals surface area contributed by atoms with Gasteiger partial charge in [-0.05, 0) is 24.3 Å². The quantitative estimate of drug-likeness (QED) is 0.638. The molecule has 1 aromatic carbocycles. The lowest BCUT2D eigenvalue weighted by Gasteiger charge is -1.97. The maximum absolute atomic E-state index is 5.82. The fourth-order valence-electron chi connectivity index (χ4n) is 1.09. The van der Waals surface area contributed by atoms with E-state index >= 15 is 0 Å². The minimum Gasteiger partial charge on any atom is -0.255 e. The van der Waals surface area contributed by atoms with E-state index in [2.05, 4.69) is 17.6 Å². The molecule has 3 heteroatoms. The van der Waals surface area contributed by atoms with Crippen LogP contribution in [0.15, 0.2) is 35.4 Å². The van der Waals surface area contributed by atoms with Gasteiger partial charge in [-0.25, -0.2) is 0 Å². The lowest BCUT2D eigenvalue weighted by molar-refractivity contribution is 1.31. The van der Waals surface area contributed by atoms with Crippen LogP contribution in [0.4, 0.5) is 0 Å². The zero-order valence-corrected chi connectivity index (χ0v) is 7.81. The molecule has 1 heterocycles. The molecule has 0 bridgehead atoms. The van der Waals surface area contributed by atoms with Crippen molar-refractivity contribution in [2.45, 2.75) is 4.90 Å². The van der Waals surface area contributed by atoms with Crippen molar-refractivity contribution in [3.63, 3.8) is 0 Å². The minimum atomic E-state index is 0.725. The maximum atomic E-state index is 5.82. The third kappa shape index (κ3) is 1.40. The number of benzene rings is 1. The van der Waals surface area contributed by atoms with E-state index in [1.807, 2.05) is 24.3 Å². The van der Waals surface area contributed by atoms with Crippen LogP contribution in [0.2, 0.25) is 5.02 Å². The van der Waals surface area contributed by atoms with Gasteiger partial charge in [-0.3, -0.25) is 4.98 Å². The predicted octanol–water partition coefficient (Wildman–Crippen LogP) is 3.18. The molecule has 60 valence electrons. The van der Waals surface area contributed by atoms with Gasteiger partial charge in [0.05, 0.1) is 5.52 Å². The number of fused-ring (bicyclic) bond motifs is 1. The van der Waals surface area contributed by atoms with Crippen molar-refractivity contribution in [3.8, 4) is 0 Å². The van der Waals surface area contributed by atoms with E-state index in [0.29, 0.717) is 0 Å². The number of nitrogens with zero attached hydrogens (tertiary/aromatic N) is 1. The van der Waals surface area contributed by atoms with E-state index in [0.717, 1.165) is 20.8 Å². The molecule has 2 rings (SSSR count). The first-order chi connectivity index (χ1) is 5.75. The van der Waals surface area contributed by atoms with Gasteiger partial charge >= 0.3 is 0 Å². The van der Waals surface area contributed by atoms with Crippen LogP contribution >= 0.6 is 24.2 Å². The molecule has 0 amide bonds. The summed E-state index contributed by atoms with van der Waals surface area (Å²) in [6.45, 7) is 0. The summed E-state index contributed by atoms with van der Waals surface area (Å²) < 4.78 is 0. The Morgan fingerprint density at radius 1 is 1.25 bits per heavy atom. The SMILES string of the molecule is Sc1cnc2ccc(Cl)cc2c1. The van der Waals surface area contributed by atoms with Crippen LogP contribution in [0.1, 0.15) is 0 Å². The molecule has 0 aliphatic rings. The zero-order chi connectivity index (χ0) is 8.55. The molecule has 0 radical (unpaired) electrons. The molecule has 0 saturated heterocycles. The van der Waals surface area contributed by atoms with Crippen LogP contribution < -0.4 is 0 Å². The number of hydrogen-bond acceptors (Lipinski definition) is 2. The van der Waals surface area contributed by atoms with Crippen molar-refractivity contribution < 1.29 is 0 Å². The second-order valence-electron chi connectivity index (χ2n) is 2.53. The Morgan fingerprint density at radius 2 is 2.08 bits per heavy atom. The van der Waals surface area contributed by atoms with Crippen molar-refractivity contribution in [2.24, 2.45) is 0 Å². The molecule has 0 unspecified atom stereocenters. The Labute approximate surface area is 80.8 Å². The summed E-state index contributed by atoms with van der Waals surface area (Å²) in [5, 5.41) is 1.75. The third-order valence-electron chi connectivity index (χ3n) is 1.63. The smallest absolute Gasteiger partial charge is 0.0703 e. The minimum absolute atomic E-state index is 0.725. The molecule has 0 aliphatic carbocycles. The van der Waals surface area contributed by atoms with Crippen LogP contribution in [0.25, 0.3) is 10.9 Å². The summed E-state index contributed by atoms with van der Waals surface area (Å²) in [4.78, 5) is 5.04. The number of pyridine rings is 1. The largest absolute Gasteiger partial charge is 0.255 e. The number of halogens is 1. The number of thiol groups is 1. The Balaban J connectivity index is 2.80. The highest BCUT2D eigenvalue weighted by atomic mass is 35.5. The van der Waals surface area contributed by atoms with Gasteiger partial charge in [-0.2, -0.15) is 0 Å². The molecule has 0 spiro atoms. The zero-order valence-electron chi connectivity index (χ0n) is 6.16. The van der Waals surface area contributed by atoms with Gasteiger partial charge < -0.3 is 0 Å². The van der Waals surface area contributed by atoms with Gasteiger partial charge in [0, 0.05) is 21.5 Å². The normalized spacial score (nSPS) is 10.5. The van der Waals surface area contributed by atoms with Crippen LogP contribution in [0.5, 0.6) is 0 Å². The Kier molecular flexibility index (Phi) is 1.95. The number of rotatable bonds is 0. The summed E-state index contributed by atoms with van der Waals surface area (Å²) in [6, 6.07) is 7.54. The van der Waals surface area contributed by atoms with Gasteiger partial charge in [0.25, 0.3) is 0 Å². The van der Waals surface area contributed by atoms with Crippen LogP contribution in [0.3, 0.4) is 0 Å². The van der Waals surface area contributed by atoms with E-state index < -0.39 is 0 Å². The first-order valence-electron chi connectivity index (χ1n) is 3.50. The molecule has 0 fully saturated rings. The van der Waals surface area contributed by atoms with Gasteiger partial charge in [-0.1, -0.05) is 11.6 Å². The standard InChI is InChI=1S/C9H6ClNS/c10-7-1-2-9-6(3-7)4-8(12)5-11-9/h1-5,12H. The van der Waals surface area contributed by atoms with E-state index in [9.17, 15) is 0 Å². The maximum Gasteiger partial charge on any atom is 0.0703 e. The van der Waals surface area contributed by atoms with E-state index in [1.54, 1.807) is 6.20 Å². The topological polar surface area (TPSA) is 12.9 Å². The van der Waals surface area contributed by atoms with Crippen LogP contribution in [-0.2, 0) is 0 Å². The highest BCUT2D eigenvalue weighted by Gasteiger charge is 1.95. The Bertz CT molecular complexity index is 391. The number of hydrogen-bond donors (Lipinski definition) is 1. The molecule has 0 aliphatic heterocycles. The predicted molar refractivity (Wildman–Crippen MR) is 54.0 cm³/mol.